The van der Waals surface area contributed by atoms with E-state index >= 15 is 0 Å². The fraction of sp³-hybridized carbons (Fsp3) is 0.138. The van der Waals surface area contributed by atoms with Gasteiger partial charge in [-0.15, -0.1) is 0 Å². The average Bonchev–Trinajstić information content (AvgIpc) is 3.00. The Labute approximate surface area is 240 Å². The summed E-state index contributed by atoms with van der Waals surface area (Å²) in [6, 6.07) is 12.3. The second kappa shape index (κ2) is 11.1. The SMILES string of the molecule is CCOC(=O)C(C(=O)C(=O)Nc1ccc(OC)cc1[N+](=O)[O-])c1nc2ccc3c(c2[nH]c1=O)C(=O)c1ccccc1C3=O. The number of ketones is 3. The van der Waals surface area contributed by atoms with Crippen molar-refractivity contribution in [2.45, 2.75) is 12.8 Å². The van der Waals surface area contributed by atoms with Crippen molar-refractivity contribution in [1.29, 1.82) is 0 Å². The molecular formula is C29H20N4O10. The number of benzene rings is 3. The summed E-state index contributed by atoms with van der Waals surface area (Å²) < 4.78 is 9.89. The minimum absolute atomic E-state index is 0.0277. The van der Waals surface area contributed by atoms with Crippen LogP contribution in [0.25, 0.3) is 11.0 Å². The molecule has 1 aliphatic carbocycles. The number of nitro groups is 1. The van der Waals surface area contributed by atoms with Gasteiger partial charge in [-0.3, -0.25) is 38.9 Å². The van der Waals surface area contributed by atoms with Gasteiger partial charge in [0.05, 0.1) is 41.3 Å². The van der Waals surface area contributed by atoms with Gasteiger partial charge in [0.25, 0.3) is 17.2 Å². The highest BCUT2D eigenvalue weighted by Crippen LogP contribution is 2.32. The molecule has 0 saturated heterocycles. The fourth-order valence-corrected chi connectivity index (χ4v) is 4.73. The maximum atomic E-state index is 13.3. The van der Waals surface area contributed by atoms with Gasteiger partial charge in [-0.2, -0.15) is 0 Å². The predicted molar refractivity (Wildman–Crippen MR) is 148 cm³/mol. The quantitative estimate of drug-likeness (QED) is 0.0891. The smallest absolute Gasteiger partial charge is 0.323 e. The van der Waals surface area contributed by atoms with Crippen molar-refractivity contribution in [2.24, 2.45) is 0 Å². The molecule has 5 rings (SSSR count). The van der Waals surface area contributed by atoms with Gasteiger partial charge in [-0.05, 0) is 31.2 Å². The van der Waals surface area contributed by atoms with Crippen LogP contribution in [-0.2, 0) is 19.1 Å². The van der Waals surface area contributed by atoms with Gasteiger partial charge >= 0.3 is 5.97 Å². The van der Waals surface area contributed by atoms with Crippen LogP contribution >= 0.6 is 0 Å². The Hall–Kier alpha value is -6.05. The molecule has 14 nitrogen and oxygen atoms in total. The number of nitrogens with one attached hydrogen (secondary N) is 2. The van der Waals surface area contributed by atoms with Crippen LogP contribution in [0, 0.1) is 10.1 Å². The van der Waals surface area contributed by atoms with E-state index in [2.05, 4.69) is 15.3 Å². The van der Waals surface area contributed by atoms with Crippen LogP contribution < -0.4 is 15.6 Å². The Kier molecular flexibility index (Phi) is 7.34. The number of hydrogen-bond donors (Lipinski definition) is 2. The molecule has 1 aliphatic rings. The molecule has 4 aromatic rings. The van der Waals surface area contributed by atoms with Crippen LogP contribution in [0.5, 0.6) is 5.75 Å². The number of methoxy groups -OCH3 is 1. The third kappa shape index (κ3) is 4.90. The topological polar surface area (TPSA) is 205 Å². The molecule has 43 heavy (non-hydrogen) atoms. The summed E-state index contributed by atoms with van der Waals surface area (Å²) in [5.74, 6) is -7.27. The molecule has 1 unspecified atom stereocenters. The second-order valence-corrected chi connectivity index (χ2v) is 9.18. The van der Waals surface area contributed by atoms with E-state index in [9.17, 15) is 38.9 Å². The molecule has 3 aromatic carbocycles. The molecule has 0 saturated carbocycles. The molecule has 2 N–H and O–H groups in total. The van der Waals surface area contributed by atoms with Crippen LogP contribution in [0.15, 0.2) is 59.4 Å². The van der Waals surface area contributed by atoms with Gasteiger partial charge in [0.2, 0.25) is 5.78 Å². The van der Waals surface area contributed by atoms with Gasteiger partial charge in [0.15, 0.2) is 17.5 Å². The molecule has 0 spiro atoms. The van der Waals surface area contributed by atoms with Crippen LogP contribution in [0.4, 0.5) is 11.4 Å². The number of nitro benzene ring substituents is 1. The summed E-state index contributed by atoms with van der Waals surface area (Å²) in [5, 5.41) is 13.6. The number of Topliss-reactive ketones (excluding diaryl/α,β-unsaturated/α-hetero) is 1. The number of hydrogen-bond acceptors (Lipinski definition) is 11. The van der Waals surface area contributed by atoms with Crippen LogP contribution in [0.1, 0.15) is 50.4 Å². The summed E-state index contributed by atoms with van der Waals surface area (Å²) in [6.45, 7) is 1.22. The van der Waals surface area contributed by atoms with Crippen LogP contribution in [0.3, 0.4) is 0 Å². The van der Waals surface area contributed by atoms with E-state index in [1.54, 1.807) is 12.1 Å². The minimum atomic E-state index is -2.17. The summed E-state index contributed by atoms with van der Waals surface area (Å²) in [7, 11) is 1.28. The number of anilines is 1. The number of nitrogens with zero attached hydrogens (tertiary/aromatic N) is 2. The first-order valence-corrected chi connectivity index (χ1v) is 12.7. The normalized spacial score (nSPS) is 12.6. The van der Waals surface area contributed by atoms with Gasteiger partial charge < -0.3 is 19.8 Å². The first-order chi connectivity index (χ1) is 20.6. The first kappa shape index (κ1) is 28.5. The molecular weight excluding hydrogens is 564 g/mol. The zero-order chi connectivity index (χ0) is 31.0. The van der Waals surface area contributed by atoms with Crippen molar-refractivity contribution in [1.82, 2.24) is 9.97 Å². The third-order valence-corrected chi connectivity index (χ3v) is 6.71. The monoisotopic (exact) mass is 584 g/mol. The highest BCUT2D eigenvalue weighted by atomic mass is 16.6. The van der Waals surface area contributed by atoms with Crippen LogP contribution in [-0.4, -0.2) is 57.8 Å². The van der Waals surface area contributed by atoms with Gasteiger partial charge in [0, 0.05) is 16.7 Å². The van der Waals surface area contributed by atoms with Crippen molar-refractivity contribution in [3.8, 4) is 5.75 Å². The molecule has 1 atom stereocenters. The molecule has 0 fully saturated rings. The average molecular weight is 584 g/mol. The maximum absolute atomic E-state index is 13.3. The Morgan fingerprint density at radius 2 is 1.70 bits per heavy atom. The van der Waals surface area contributed by atoms with E-state index in [4.69, 9.17) is 9.47 Å². The van der Waals surface area contributed by atoms with E-state index in [1.807, 2.05) is 0 Å². The summed E-state index contributed by atoms with van der Waals surface area (Å²) >= 11 is 0. The Balaban J connectivity index is 1.58. The summed E-state index contributed by atoms with van der Waals surface area (Å²) in [4.78, 5) is 96.2. The maximum Gasteiger partial charge on any atom is 0.323 e. The van der Waals surface area contributed by atoms with E-state index in [0.29, 0.717) is 0 Å². The van der Waals surface area contributed by atoms with Crippen molar-refractivity contribution in [2.75, 3.05) is 19.0 Å². The van der Waals surface area contributed by atoms with Crippen molar-refractivity contribution in [3.05, 3.63) is 103 Å². The van der Waals surface area contributed by atoms with Gasteiger partial charge in [-0.25, -0.2) is 4.98 Å². The zero-order valence-electron chi connectivity index (χ0n) is 22.5. The molecule has 0 aliphatic heterocycles. The zero-order valence-corrected chi connectivity index (χ0v) is 22.5. The van der Waals surface area contributed by atoms with Crippen molar-refractivity contribution in [3.63, 3.8) is 0 Å². The third-order valence-electron chi connectivity index (χ3n) is 6.71. The number of esters is 1. The molecule has 0 radical (unpaired) electrons. The number of aromatic amines is 1. The number of rotatable bonds is 8. The molecule has 1 heterocycles. The number of carbonyl (C=O) groups excluding carboxylic acids is 5. The molecule has 1 aromatic heterocycles. The number of ether oxygens (including phenoxy) is 2. The van der Waals surface area contributed by atoms with E-state index in [-0.39, 0.29) is 51.3 Å². The number of H-pyrrole nitrogens is 1. The number of aromatic nitrogens is 2. The van der Waals surface area contributed by atoms with E-state index < -0.39 is 57.0 Å². The molecule has 14 heteroatoms. The molecule has 1 amide bonds. The number of carbonyl (C=O) groups is 5. The lowest BCUT2D eigenvalue weighted by Gasteiger charge is -2.19. The highest BCUT2D eigenvalue weighted by Gasteiger charge is 2.39. The lowest BCUT2D eigenvalue weighted by molar-refractivity contribution is -0.384. The number of amides is 1. The second-order valence-electron chi connectivity index (χ2n) is 9.18. The van der Waals surface area contributed by atoms with Gasteiger partial charge in [0.1, 0.15) is 17.1 Å². The summed E-state index contributed by atoms with van der Waals surface area (Å²) in [5.41, 5.74) is -2.71. The lowest BCUT2D eigenvalue weighted by Crippen LogP contribution is -2.37. The molecule has 0 bridgehead atoms. The minimum Gasteiger partial charge on any atom is -0.496 e. The standard InChI is InChI=1S/C29H20N4O10/c1-3-43-29(39)21(26(36)28(38)31-17-10-8-13(42-2)12-19(17)33(40)41)23-27(37)32-22-18(30-23)11-9-16-20(22)25(35)15-7-5-4-6-14(15)24(16)34/h4-12,21H,3H2,1-2H3,(H,31,38)(H,32,37). The Bertz CT molecular complexity index is 1960. The van der Waals surface area contributed by atoms with E-state index in [0.717, 1.165) is 12.1 Å². The van der Waals surface area contributed by atoms with Crippen molar-refractivity contribution >= 4 is 51.6 Å². The Morgan fingerprint density at radius 1 is 1.00 bits per heavy atom. The van der Waals surface area contributed by atoms with Crippen molar-refractivity contribution < 1.29 is 38.4 Å². The Morgan fingerprint density at radius 3 is 2.35 bits per heavy atom. The first-order valence-electron chi connectivity index (χ1n) is 12.7. The highest BCUT2D eigenvalue weighted by molar-refractivity contribution is 6.45. The number of fused-ring (bicyclic) bond motifs is 4. The van der Waals surface area contributed by atoms with E-state index in [1.165, 1.54) is 44.4 Å². The largest absolute Gasteiger partial charge is 0.496 e. The predicted octanol–water partition coefficient (Wildman–Crippen LogP) is 2.47. The lowest BCUT2D eigenvalue weighted by atomic mass is 9.83. The molecule has 216 valence electrons. The fourth-order valence-electron chi connectivity index (χ4n) is 4.73. The summed E-state index contributed by atoms with van der Waals surface area (Å²) in [6.07, 6.45) is 0. The van der Waals surface area contributed by atoms with Gasteiger partial charge in [-0.1, -0.05) is 24.3 Å². The van der Waals surface area contributed by atoms with Crippen LogP contribution in [0.2, 0.25) is 0 Å².